The molecule has 1 aliphatic rings. The Bertz CT molecular complexity index is 807. The molecular weight excluding hydrogens is 360 g/mol. The summed E-state index contributed by atoms with van der Waals surface area (Å²) < 4.78 is 0. The number of piperazine rings is 1. The van der Waals surface area contributed by atoms with Crippen LogP contribution in [-0.4, -0.2) is 64.7 Å². The first-order valence-corrected chi connectivity index (χ1v) is 9.21. The molecule has 8 heteroatoms. The number of pyridine rings is 1. The van der Waals surface area contributed by atoms with Crippen LogP contribution in [-0.2, 0) is 9.59 Å². The standard InChI is InChI=1S/C20H24N4O4/c25-17-5-3-4-16(13-17)22-19(26)12-15(20(27)28)14-23-8-10-24(11-9-23)18-6-1-2-7-21-18/h1-7,13,15,25H,8-12,14H2,(H,22,26)(H,27,28)/t15-/m1/s1. The number of phenolic OH excluding ortho intramolecular Hbond substituents is 1. The first-order chi connectivity index (χ1) is 13.5. The first-order valence-electron chi connectivity index (χ1n) is 9.21. The molecule has 0 saturated carbocycles. The molecule has 8 nitrogen and oxygen atoms in total. The average Bonchev–Trinajstić information content (AvgIpc) is 2.68. The molecule has 3 N–H and O–H groups in total. The van der Waals surface area contributed by atoms with Crippen LogP contribution >= 0.6 is 0 Å². The van der Waals surface area contributed by atoms with E-state index in [4.69, 9.17) is 0 Å². The molecule has 2 aromatic rings. The van der Waals surface area contributed by atoms with Crippen LogP contribution in [0.3, 0.4) is 0 Å². The van der Waals surface area contributed by atoms with Gasteiger partial charge in [0, 0.05) is 57.1 Å². The highest BCUT2D eigenvalue weighted by Gasteiger charge is 2.26. The maximum Gasteiger partial charge on any atom is 0.308 e. The number of hydrogen-bond acceptors (Lipinski definition) is 6. The number of nitrogens with one attached hydrogen (secondary N) is 1. The van der Waals surface area contributed by atoms with Gasteiger partial charge < -0.3 is 20.4 Å². The van der Waals surface area contributed by atoms with E-state index in [2.05, 4.69) is 20.1 Å². The number of carbonyl (C=O) groups excluding carboxylic acids is 1. The molecule has 0 unspecified atom stereocenters. The quantitative estimate of drug-likeness (QED) is 0.666. The second-order valence-corrected chi connectivity index (χ2v) is 6.81. The number of amides is 1. The summed E-state index contributed by atoms with van der Waals surface area (Å²) in [6.45, 7) is 3.28. The Kier molecular flexibility index (Phi) is 6.44. The Balaban J connectivity index is 1.51. The van der Waals surface area contributed by atoms with E-state index < -0.39 is 11.9 Å². The van der Waals surface area contributed by atoms with Gasteiger partial charge in [-0.05, 0) is 24.3 Å². The van der Waals surface area contributed by atoms with E-state index in [-0.39, 0.29) is 18.1 Å². The van der Waals surface area contributed by atoms with Gasteiger partial charge in [0.05, 0.1) is 5.92 Å². The summed E-state index contributed by atoms with van der Waals surface area (Å²) in [5.74, 6) is -1.21. The maximum atomic E-state index is 12.2. The van der Waals surface area contributed by atoms with Gasteiger partial charge in [0.15, 0.2) is 0 Å². The van der Waals surface area contributed by atoms with Crippen LogP contribution < -0.4 is 10.2 Å². The van der Waals surface area contributed by atoms with Crippen LogP contribution in [0.5, 0.6) is 5.75 Å². The second-order valence-electron chi connectivity index (χ2n) is 6.81. The van der Waals surface area contributed by atoms with Crippen LogP contribution in [0, 0.1) is 5.92 Å². The van der Waals surface area contributed by atoms with Crippen molar-refractivity contribution in [3.8, 4) is 5.75 Å². The van der Waals surface area contributed by atoms with Crippen molar-refractivity contribution in [2.24, 2.45) is 5.92 Å². The zero-order chi connectivity index (χ0) is 19.9. The van der Waals surface area contributed by atoms with Crippen LogP contribution in [0.25, 0.3) is 0 Å². The predicted octanol–water partition coefficient (Wildman–Crippen LogP) is 1.64. The summed E-state index contributed by atoms with van der Waals surface area (Å²) >= 11 is 0. The Labute approximate surface area is 163 Å². The van der Waals surface area contributed by atoms with E-state index in [0.717, 1.165) is 18.9 Å². The number of nitrogens with zero attached hydrogens (tertiary/aromatic N) is 3. The van der Waals surface area contributed by atoms with Crippen molar-refractivity contribution >= 4 is 23.4 Å². The lowest BCUT2D eigenvalue weighted by Crippen LogP contribution is -2.49. The van der Waals surface area contributed by atoms with Crippen LogP contribution in [0.2, 0.25) is 0 Å². The van der Waals surface area contributed by atoms with E-state index in [1.54, 1.807) is 18.3 Å². The number of aromatic hydroxyl groups is 1. The van der Waals surface area contributed by atoms with Crippen molar-refractivity contribution in [1.29, 1.82) is 0 Å². The number of carbonyl (C=O) groups is 2. The molecule has 3 rings (SSSR count). The van der Waals surface area contributed by atoms with Crippen molar-refractivity contribution in [3.05, 3.63) is 48.7 Å². The molecule has 28 heavy (non-hydrogen) atoms. The number of hydrogen-bond donors (Lipinski definition) is 3. The summed E-state index contributed by atoms with van der Waals surface area (Å²) in [6.07, 6.45) is 1.64. The molecule has 1 fully saturated rings. The molecule has 1 aliphatic heterocycles. The summed E-state index contributed by atoms with van der Waals surface area (Å²) in [5.41, 5.74) is 0.443. The largest absolute Gasteiger partial charge is 0.508 e. The van der Waals surface area contributed by atoms with Gasteiger partial charge >= 0.3 is 5.97 Å². The molecular formula is C20H24N4O4. The van der Waals surface area contributed by atoms with Crippen LogP contribution in [0.15, 0.2) is 48.7 Å². The summed E-state index contributed by atoms with van der Waals surface area (Å²) in [4.78, 5) is 32.4. The molecule has 1 atom stereocenters. The van der Waals surface area contributed by atoms with Gasteiger partial charge in [-0.25, -0.2) is 4.98 Å². The third-order valence-electron chi connectivity index (χ3n) is 4.74. The molecule has 0 bridgehead atoms. The lowest BCUT2D eigenvalue weighted by molar-refractivity contribution is -0.144. The van der Waals surface area contributed by atoms with Gasteiger partial charge in [-0.1, -0.05) is 12.1 Å². The lowest BCUT2D eigenvalue weighted by atomic mass is 10.0. The maximum absolute atomic E-state index is 12.2. The molecule has 1 amide bonds. The molecule has 0 radical (unpaired) electrons. The zero-order valence-corrected chi connectivity index (χ0v) is 15.5. The molecule has 1 aromatic carbocycles. The number of aromatic nitrogens is 1. The minimum Gasteiger partial charge on any atom is -0.508 e. The van der Waals surface area contributed by atoms with Gasteiger partial charge in [-0.2, -0.15) is 0 Å². The fourth-order valence-corrected chi connectivity index (χ4v) is 3.26. The Morgan fingerprint density at radius 2 is 1.89 bits per heavy atom. The fourth-order valence-electron chi connectivity index (χ4n) is 3.26. The monoisotopic (exact) mass is 384 g/mol. The number of anilines is 2. The topological polar surface area (TPSA) is 106 Å². The van der Waals surface area contributed by atoms with E-state index in [1.165, 1.54) is 12.1 Å². The molecule has 0 aliphatic carbocycles. The van der Waals surface area contributed by atoms with Gasteiger partial charge in [-0.15, -0.1) is 0 Å². The van der Waals surface area contributed by atoms with Gasteiger partial charge in [0.2, 0.25) is 5.91 Å². The zero-order valence-electron chi connectivity index (χ0n) is 15.5. The Morgan fingerprint density at radius 3 is 2.54 bits per heavy atom. The summed E-state index contributed by atoms with van der Waals surface area (Å²) in [6, 6.07) is 12.0. The van der Waals surface area contributed by atoms with Gasteiger partial charge in [0.25, 0.3) is 0 Å². The third kappa shape index (κ3) is 5.43. The number of carboxylic acid groups (broad SMARTS) is 1. The Hall–Kier alpha value is -3.13. The number of benzene rings is 1. The van der Waals surface area contributed by atoms with E-state index in [0.29, 0.717) is 25.3 Å². The summed E-state index contributed by atoms with van der Waals surface area (Å²) in [7, 11) is 0. The van der Waals surface area contributed by atoms with E-state index in [1.807, 2.05) is 18.2 Å². The highest BCUT2D eigenvalue weighted by atomic mass is 16.4. The highest BCUT2D eigenvalue weighted by Crippen LogP contribution is 2.18. The number of phenols is 1. The highest BCUT2D eigenvalue weighted by molar-refractivity contribution is 5.93. The minimum absolute atomic E-state index is 0.0401. The SMILES string of the molecule is O=C(C[C@H](CN1CCN(c2ccccn2)CC1)C(=O)O)Nc1cccc(O)c1. The number of aliphatic carboxylic acids is 1. The average molecular weight is 384 g/mol. The van der Waals surface area contributed by atoms with Crippen molar-refractivity contribution in [2.75, 3.05) is 42.9 Å². The molecule has 1 saturated heterocycles. The normalized spacial score (nSPS) is 15.8. The fraction of sp³-hybridized carbons (Fsp3) is 0.350. The van der Waals surface area contributed by atoms with Crippen molar-refractivity contribution in [1.82, 2.24) is 9.88 Å². The van der Waals surface area contributed by atoms with Crippen molar-refractivity contribution in [3.63, 3.8) is 0 Å². The van der Waals surface area contributed by atoms with Gasteiger partial charge in [-0.3, -0.25) is 14.5 Å². The second kappa shape index (κ2) is 9.18. The van der Waals surface area contributed by atoms with Crippen LogP contribution in [0.1, 0.15) is 6.42 Å². The molecule has 0 spiro atoms. The van der Waals surface area contributed by atoms with E-state index in [9.17, 15) is 19.8 Å². The molecule has 148 valence electrons. The molecule has 2 heterocycles. The van der Waals surface area contributed by atoms with Crippen molar-refractivity contribution < 1.29 is 19.8 Å². The van der Waals surface area contributed by atoms with E-state index >= 15 is 0 Å². The van der Waals surface area contributed by atoms with Crippen molar-refractivity contribution in [2.45, 2.75) is 6.42 Å². The predicted molar refractivity (Wildman–Crippen MR) is 105 cm³/mol. The molecule has 1 aromatic heterocycles. The number of rotatable bonds is 7. The Morgan fingerprint density at radius 1 is 1.11 bits per heavy atom. The lowest BCUT2D eigenvalue weighted by Gasteiger charge is -2.36. The first kappa shape index (κ1) is 19.6. The van der Waals surface area contributed by atoms with Gasteiger partial charge in [0.1, 0.15) is 11.6 Å². The minimum atomic E-state index is -0.988. The number of carboxylic acids is 1. The van der Waals surface area contributed by atoms with Crippen LogP contribution in [0.4, 0.5) is 11.5 Å². The smallest absolute Gasteiger partial charge is 0.308 e. The summed E-state index contributed by atoms with van der Waals surface area (Å²) in [5, 5.41) is 21.6. The third-order valence-corrected chi connectivity index (χ3v) is 4.74.